The molecule has 2 amide bonds. The summed E-state index contributed by atoms with van der Waals surface area (Å²) in [5, 5.41) is 5.48. The van der Waals surface area contributed by atoms with Crippen LogP contribution in [0.5, 0.6) is 5.75 Å². The third-order valence-corrected chi connectivity index (χ3v) is 6.15. The van der Waals surface area contributed by atoms with Crippen LogP contribution in [0, 0.1) is 0 Å². The number of para-hydroxylation sites is 1. The molecule has 1 fully saturated rings. The molecule has 1 aliphatic heterocycles. The third-order valence-electron chi connectivity index (χ3n) is 4.38. The van der Waals surface area contributed by atoms with Crippen molar-refractivity contribution in [3.8, 4) is 5.75 Å². The number of amides is 2. The maximum atomic E-state index is 12.5. The topological polar surface area (TPSA) is 102 Å². The summed E-state index contributed by atoms with van der Waals surface area (Å²) in [6, 6.07) is 15.8. The zero-order chi connectivity index (χ0) is 20.0. The number of carbonyl (C=O) groups is 2. The van der Waals surface area contributed by atoms with Crippen molar-refractivity contribution in [2.45, 2.75) is 19.0 Å². The highest BCUT2D eigenvalue weighted by Crippen LogP contribution is 2.18. The van der Waals surface area contributed by atoms with Gasteiger partial charge in [0.15, 0.2) is 16.4 Å². The molecule has 1 aliphatic rings. The van der Waals surface area contributed by atoms with Crippen LogP contribution >= 0.6 is 0 Å². The molecular weight excluding hydrogens is 380 g/mol. The Morgan fingerprint density at radius 2 is 1.75 bits per heavy atom. The molecule has 8 heteroatoms. The molecule has 0 bridgehead atoms. The van der Waals surface area contributed by atoms with Crippen molar-refractivity contribution in [3.05, 3.63) is 65.7 Å². The molecule has 28 heavy (non-hydrogen) atoms. The second-order valence-electron chi connectivity index (χ2n) is 6.62. The van der Waals surface area contributed by atoms with Gasteiger partial charge in [-0.05, 0) is 24.1 Å². The Hall–Kier alpha value is -2.87. The summed E-state index contributed by atoms with van der Waals surface area (Å²) in [4.78, 5) is 24.5. The molecule has 7 nitrogen and oxygen atoms in total. The molecule has 2 aromatic rings. The van der Waals surface area contributed by atoms with Crippen molar-refractivity contribution in [1.29, 1.82) is 0 Å². The molecule has 0 aliphatic carbocycles. The summed E-state index contributed by atoms with van der Waals surface area (Å²) in [6.07, 6.45) is 0.409. The van der Waals surface area contributed by atoms with E-state index in [9.17, 15) is 18.0 Å². The van der Waals surface area contributed by atoms with E-state index in [0.717, 1.165) is 5.56 Å². The molecule has 1 atom stereocenters. The van der Waals surface area contributed by atoms with Gasteiger partial charge in [-0.1, -0.05) is 42.5 Å². The van der Waals surface area contributed by atoms with Crippen molar-refractivity contribution in [3.63, 3.8) is 0 Å². The first-order valence-corrected chi connectivity index (χ1v) is 10.8. The van der Waals surface area contributed by atoms with Crippen LogP contribution in [0.4, 0.5) is 0 Å². The van der Waals surface area contributed by atoms with Gasteiger partial charge in [0.05, 0.1) is 17.1 Å². The minimum Gasteiger partial charge on any atom is -0.483 e. The van der Waals surface area contributed by atoms with Crippen molar-refractivity contribution in [2.75, 3.05) is 18.1 Å². The number of hydrogen-bond acceptors (Lipinski definition) is 5. The molecule has 148 valence electrons. The number of rotatable bonds is 7. The van der Waals surface area contributed by atoms with Crippen LogP contribution in [0.1, 0.15) is 22.3 Å². The molecular formula is C20H22N2O5S. The molecule has 3 rings (SSSR count). The molecule has 0 unspecified atom stereocenters. The van der Waals surface area contributed by atoms with E-state index in [2.05, 4.69) is 10.6 Å². The minimum absolute atomic E-state index is 0.0444. The quantitative estimate of drug-likeness (QED) is 0.727. The SMILES string of the molecule is O=C(COc1ccccc1C(=O)NCc1ccccc1)N[C@@H]1CCS(=O)(=O)C1. The molecule has 0 spiro atoms. The predicted molar refractivity (Wildman–Crippen MR) is 105 cm³/mol. The Morgan fingerprint density at radius 1 is 1.04 bits per heavy atom. The largest absolute Gasteiger partial charge is 0.483 e. The normalized spacial score (nSPS) is 17.6. The van der Waals surface area contributed by atoms with Crippen LogP contribution in [-0.4, -0.2) is 44.4 Å². The Bertz CT molecular complexity index is 944. The monoisotopic (exact) mass is 402 g/mol. The summed E-state index contributed by atoms with van der Waals surface area (Å²) < 4.78 is 28.4. The van der Waals surface area contributed by atoms with Crippen LogP contribution in [-0.2, 0) is 21.2 Å². The first-order valence-electron chi connectivity index (χ1n) is 8.97. The number of ether oxygens (including phenoxy) is 1. The maximum absolute atomic E-state index is 12.5. The van der Waals surface area contributed by atoms with E-state index in [1.165, 1.54) is 0 Å². The summed E-state index contributed by atoms with van der Waals surface area (Å²) in [6.45, 7) is 0.0875. The van der Waals surface area contributed by atoms with Gasteiger partial charge in [-0.3, -0.25) is 9.59 Å². The van der Waals surface area contributed by atoms with Crippen LogP contribution in [0.3, 0.4) is 0 Å². The number of hydrogen-bond donors (Lipinski definition) is 2. The first-order chi connectivity index (χ1) is 13.4. The fourth-order valence-corrected chi connectivity index (χ4v) is 4.65. The van der Waals surface area contributed by atoms with Crippen molar-refractivity contribution < 1.29 is 22.7 Å². The van der Waals surface area contributed by atoms with Crippen molar-refractivity contribution in [2.24, 2.45) is 0 Å². The van der Waals surface area contributed by atoms with Crippen LogP contribution in [0.2, 0.25) is 0 Å². The fraction of sp³-hybridized carbons (Fsp3) is 0.300. The number of benzene rings is 2. The van der Waals surface area contributed by atoms with Gasteiger partial charge >= 0.3 is 0 Å². The highest BCUT2D eigenvalue weighted by atomic mass is 32.2. The molecule has 1 saturated heterocycles. The van der Waals surface area contributed by atoms with E-state index >= 15 is 0 Å². The second-order valence-corrected chi connectivity index (χ2v) is 8.85. The lowest BCUT2D eigenvalue weighted by molar-refractivity contribution is -0.123. The highest BCUT2D eigenvalue weighted by molar-refractivity contribution is 7.91. The van der Waals surface area contributed by atoms with Gasteiger partial charge in [0.25, 0.3) is 11.8 Å². The van der Waals surface area contributed by atoms with E-state index in [1.807, 2.05) is 30.3 Å². The highest BCUT2D eigenvalue weighted by Gasteiger charge is 2.29. The Labute approximate surface area is 164 Å². The lowest BCUT2D eigenvalue weighted by Crippen LogP contribution is -2.38. The van der Waals surface area contributed by atoms with Gasteiger partial charge < -0.3 is 15.4 Å². The van der Waals surface area contributed by atoms with Gasteiger partial charge in [-0.15, -0.1) is 0 Å². The molecule has 0 saturated carbocycles. The summed E-state index contributed by atoms with van der Waals surface area (Å²) in [7, 11) is -3.06. The summed E-state index contributed by atoms with van der Waals surface area (Å²) in [5.41, 5.74) is 1.30. The van der Waals surface area contributed by atoms with Gasteiger partial charge in [0.2, 0.25) is 0 Å². The summed E-state index contributed by atoms with van der Waals surface area (Å²) >= 11 is 0. The Kier molecular flexibility index (Phi) is 6.30. The van der Waals surface area contributed by atoms with Gasteiger partial charge in [0, 0.05) is 12.6 Å². The second kappa shape index (κ2) is 8.88. The van der Waals surface area contributed by atoms with Gasteiger partial charge in [0.1, 0.15) is 5.75 Å². The van der Waals surface area contributed by atoms with E-state index in [1.54, 1.807) is 24.3 Å². The summed E-state index contributed by atoms with van der Waals surface area (Å²) in [5.74, 6) is -0.383. The van der Waals surface area contributed by atoms with E-state index < -0.39 is 15.7 Å². The lowest BCUT2D eigenvalue weighted by Gasteiger charge is -2.14. The number of carbonyl (C=O) groups excluding carboxylic acids is 2. The van der Waals surface area contributed by atoms with Gasteiger partial charge in [-0.25, -0.2) is 8.42 Å². The van der Waals surface area contributed by atoms with Crippen molar-refractivity contribution in [1.82, 2.24) is 10.6 Å². The standard InChI is InChI=1S/C20H22N2O5S/c23-19(22-16-10-11-28(25,26)14-16)13-27-18-9-5-4-8-17(18)20(24)21-12-15-6-2-1-3-7-15/h1-9,16H,10-14H2,(H,21,24)(H,22,23)/t16-/m1/s1. The average Bonchev–Trinajstić information content (AvgIpc) is 3.03. The van der Waals surface area contributed by atoms with Crippen LogP contribution < -0.4 is 15.4 Å². The van der Waals surface area contributed by atoms with Crippen LogP contribution in [0.15, 0.2) is 54.6 Å². The van der Waals surface area contributed by atoms with Crippen LogP contribution in [0.25, 0.3) is 0 Å². The molecule has 1 heterocycles. The smallest absolute Gasteiger partial charge is 0.258 e. The average molecular weight is 402 g/mol. The number of sulfone groups is 1. The van der Waals surface area contributed by atoms with E-state index in [0.29, 0.717) is 24.3 Å². The fourth-order valence-electron chi connectivity index (χ4n) is 2.97. The maximum Gasteiger partial charge on any atom is 0.258 e. The third kappa shape index (κ3) is 5.56. The number of nitrogens with one attached hydrogen (secondary N) is 2. The minimum atomic E-state index is -3.06. The zero-order valence-corrected chi connectivity index (χ0v) is 16.1. The molecule has 0 radical (unpaired) electrons. The Balaban J connectivity index is 1.54. The lowest BCUT2D eigenvalue weighted by atomic mass is 10.1. The van der Waals surface area contributed by atoms with E-state index in [-0.39, 0.29) is 30.1 Å². The Morgan fingerprint density at radius 3 is 2.46 bits per heavy atom. The first kappa shape index (κ1) is 19.9. The zero-order valence-electron chi connectivity index (χ0n) is 15.3. The van der Waals surface area contributed by atoms with E-state index in [4.69, 9.17) is 4.74 Å². The molecule has 2 N–H and O–H groups in total. The van der Waals surface area contributed by atoms with Crippen molar-refractivity contribution >= 4 is 21.7 Å². The predicted octanol–water partition coefficient (Wildman–Crippen LogP) is 1.30. The van der Waals surface area contributed by atoms with Gasteiger partial charge in [-0.2, -0.15) is 0 Å². The molecule has 2 aromatic carbocycles. The molecule has 0 aromatic heterocycles.